The molecule has 2 aliphatic heterocycles. The van der Waals surface area contributed by atoms with E-state index in [2.05, 4.69) is 0 Å². The van der Waals surface area contributed by atoms with Crippen LogP contribution in [0.2, 0.25) is 0 Å². The van der Waals surface area contributed by atoms with Gasteiger partial charge in [-0.3, -0.25) is 9.59 Å². The molecule has 0 aromatic heterocycles. The maximum atomic E-state index is 12.8. The highest BCUT2D eigenvalue weighted by atomic mass is 16.5. The summed E-state index contributed by atoms with van der Waals surface area (Å²) in [6.07, 6.45) is 0.424. The lowest BCUT2D eigenvalue weighted by molar-refractivity contribution is -0.182. The van der Waals surface area contributed by atoms with Crippen molar-refractivity contribution in [2.75, 3.05) is 7.05 Å². The highest BCUT2D eigenvalue weighted by Gasteiger charge is 2.57. The normalized spacial score (nSPS) is 28.0. The SMILES string of the molecule is CN1C(=O)[C@@H](C(=O)O)[C@H]2C[C@]1(c1ccccc1)Oc1ccccc12. The number of aliphatic carboxylic acids is 1. The molecule has 0 aliphatic carbocycles. The Morgan fingerprint density at radius 1 is 1.17 bits per heavy atom. The predicted octanol–water partition coefficient (Wildman–Crippen LogP) is 2.58. The van der Waals surface area contributed by atoms with E-state index >= 15 is 0 Å². The molecule has 0 spiro atoms. The summed E-state index contributed by atoms with van der Waals surface area (Å²) in [5.41, 5.74) is 0.672. The zero-order chi connectivity index (χ0) is 16.9. The quantitative estimate of drug-likeness (QED) is 0.863. The van der Waals surface area contributed by atoms with Gasteiger partial charge in [-0.15, -0.1) is 0 Å². The Balaban J connectivity index is 1.95. The van der Waals surface area contributed by atoms with Crippen LogP contribution in [0.3, 0.4) is 0 Å². The molecule has 122 valence electrons. The summed E-state index contributed by atoms with van der Waals surface area (Å²) in [6, 6.07) is 16.9. The van der Waals surface area contributed by atoms with Crippen LogP contribution >= 0.6 is 0 Å². The largest absolute Gasteiger partial charge is 0.481 e. The molecule has 2 heterocycles. The Bertz CT molecular complexity index is 819. The average Bonchev–Trinajstić information content (AvgIpc) is 2.60. The van der Waals surface area contributed by atoms with Crippen molar-refractivity contribution in [1.29, 1.82) is 0 Å². The van der Waals surface area contributed by atoms with Gasteiger partial charge in [-0.25, -0.2) is 0 Å². The first-order valence-electron chi connectivity index (χ1n) is 7.88. The van der Waals surface area contributed by atoms with Gasteiger partial charge in [0, 0.05) is 24.9 Å². The molecule has 2 aliphatic rings. The van der Waals surface area contributed by atoms with Crippen molar-refractivity contribution in [3.8, 4) is 5.75 Å². The van der Waals surface area contributed by atoms with Crippen LogP contribution in [0.25, 0.3) is 0 Å². The third-order valence-corrected chi connectivity index (χ3v) is 5.13. The molecule has 1 N–H and O–H groups in total. The van der Waals surface area contributed by atoms with Crippen LogP contribution in [0.4, 0.5) is 0 Å². The molecule has 5 nitrogen and oxygen atoms in total. The topological polar surface area (TPSA) is 66.8 Å². The molecule has 0 saturated carbocycles. The van der Waals surface area contributed by atoms with Crippen LogP contribution in [0.5, 0.6) is 5.75 Å². The number of rotatable bonds is 2. The number of piperidine rings is 1. The summed E-state index contributed by atoms with van der Waals surface area (Å²) in [5.74, 6) is -2.36. The number of carbonyl (C=O) groups is 2. The second kappa shape index (κ2) is 5.09. The van der Waals surface area contributed by atoms with E-state index < -0.39 is 29.4 Å². The van der Waals surface area contributed by atoms with Crippen LogP contribution in [0.1, 0.15) is 23.5 Å². The second-order valence-electron chi connectivity index (χ2n) is 6.31. The summed E-state index contributed by atoms with van der Waals surface area (Å²) in [7, 11) is 1.62. The van der Waals surface area contributed by atoms with Crippen LogP contribution in [0, 0.1) is 5.92 Å². The number of fused-ring (bicyclic) bond motifs is 4. The monoisotopic (exact) mass is 323 g/mol. The van der Waals surface area contributed by atoms with Crippen LogP contribution < -0.4 is 4.74 Å². The summed E-state index contributed by atoms with van der Waals surface area (Å²) < 4.78 is 6.30. The Hall–Kier alpha value is -2.82. The van der Waals surface area contributed by atoms with E-state index in [4.69, 9.17) is 4.74 Å². The minimum absolute atomic E-state index is 0.406. The predicted molar refractivity (Wildman–Crippen MR) is 86.4 cm³/mol. The van der Waals surface area contributed by atoms with Crippen molar-refractivity contribution in [3.63, 3.8) is 0 Å². The molecule has 2 aromatic carbocycles. The number of amides is 1. The maximum Gasteiger partial charge on any atom is 0.316 e. The van der Waals surface area contributed by atoms with Gasteiger partial charge in [-0.1, -0.05) is 48.5 Å². The van der Waals surface area contributed by atoms with E-state index in [9.17, 15) is 14.7 Å². The number of carboxylic acids is 1. The average molecular weight is 323 g/mol. The fraction of sp³-hybridized carbons (Fsp3) is 0.263. The van der Waals surface area contributed by atoms with Crippen molar-refractivity contribution in [2.24, 2.45) is 5.92 Å². The summed E-state index contributed by atoms with van der Waals surface area (Å²) in [6.45, 7) is 0. The number of ether oxygens (including phenoxy) is 1. The summed E-state index contributed by atoms with van der Waals surface area (Å²) in [5, 5.41) is 9.63. The number of benzene rings is 2. The molecular weight excluding hydrogens is 306 g/mol. The van der Waals surface area contributed by atoms with Crippen molar-refractivity contribution in [3.05, 3.63) is 65.7 Å². The fourth-order valence-corrected chi connectivity index (χ4v) is 3.92. The Kier molecular flexibility index (Phi) is 3.13. The first-order chi connectivity index (χ1) is 11.5. The Morgan fingerprint density at radius 2 is 1.83 bits per heavy atom. The molecule has 24 heavy (non-hydrogen) atoms. The number of carboxylic acid groups (broad SMARTS) is 1. The van der Waals surface area contributed by atoms with Crippen LogP contribution in [-0.4, -0.2) is 28.9 Å². The third kappa shape index (κ3) is 1.87. The van der Waals surface area contributed by atoms with Gasteiger partial charge in [0.2, 0.25) is 11.6 Å². The van der Waals surface area contributed by atoms with E-state index in [0.717, 1.165) is 11.1 Å². The molecule has 0 unspecified atom stereocenters. The molecule has 1 amide bonds. The number of carbonyl (C=O) groups excluding carboxylic acids is 1. The number of para-hydroxylation sites is 1. The van der Waals surface area contributed by atoms with Crippen molar-refractivity contribution < 1.29 is 19.4 Å². The Morgan fingerprint density at radius 3 is 2.54 bits per heavy atom. The third-order valence-electron chi connectivity index (χ3n) is 5.13. The lowest BCUT2D eigenvalue weighted by Gasteiger charge is -2.52. The zero-order valence-electron chi connectivity index (χ0n) is 13.2. The molecule has 5 heteroatoms. The fourth-order valence-electron chi connectivity index (χ4n) is 3.92. The van der Waals surface area contributed by atoms with Gasteiger partial charge in [0.05, 0.1) is 0 Å². The van der Waals surface area contributed by atoms with Gasteiger partial charge in [0.25, 0.3) is 0 Å². The minimum Gasteiger partial charge on any atom is -0.481 e. The number of likely N-dealkylation sites (tertiary alicyclic amines) is 1. The highest BCUT2D eigenvalue weighted by molar-refractivity contribution is 5.99. The molecular formula is C19H17NO4. The van der Waals surface area contributed by atoms with E-state index in [1.54, 1.807) is 7.05 Å². The summed E-state index contributed by atoms with van der Waals surface area (Å²) in [4.78, 5) is 26.1. The smallest absolute Gasteiger partial charge is 0.316 e. The maximum absolute atomic E-state index is 12.8. The van der Waals surface area contributed by atoms with Gasteiger partial charge in [0.15, 0.2) is 0 Å². The van der Waals surface area contributed by atoms with Gasteiger partial charge in [-0.05, 0) is 11.6 Å². The molecule has 0 radical (unpaired) electrons. The number of hydrogen-bond donors (Lipinski definition) is 1. The molecule has 1 saturated heterocycles. The second-order valence-corrected chi connectivity index (χ2v) is 6.31. The van der Waals surface area contributed by atoms with Crippen molar-refractivity contribution >= 4 is 11.9 Å². The molecule has 2 aromatic rings. The Labute approximate surface area is 139 Å². The number of hydrogen-bond acceptors (Lipinski definition) is 3. The minimum atomic E-state index is -1.09. The van der Waals surface area contributed by atoms with E-state index in [1.807, 2.05) is 54.6 Å². The first kappa shape index (κ1) is 14.8. The van der Waals surface area contributed by atoms with E-state index in [0.29, 0.717) is 12.2 Å². The van der Waals surface area contributed by atoms with Crippen molar-refractivity contribution in [1.82, 2.24) is 4.90 Å². The molecule has 4 rings (SSSR count). The van der Waals surface area contributed by atoms with E-state index in [1.165, 1.54) is 4.90 Å². The lowest BCUT2D eigenvalue weighted by atomic mass is 9.72. The van der Waals surface area contributed by atoms with Crippen LogP contribution in [0.15, 0.2) is 54.6 Å². The molecule has 3 atom stereocenters. The van der Waals surface area contributed by atoms with Crippen LogP contribution in [-0.2, 0) is 15.3 Å². The van der Waals surface area contributed by atoms with Gasteiger partial charge in [-0.2, -0.15) is 0 Å². The molecule has 1 fully saturated rings. The number of nitrogens with zero attached hydrogens (tertiary/aromatic N) is 1. The standard InChI is InChI=1S/C19H17NO4/c1-20-17(21)16(18(22)23)14-11-19(20,12-7-3-2-4-8-12)24-15-10-6-5-9-13(14)15/h2-10,14,16H,11H2,1H3,(H,22,23)/t14-,16-,19+/m0/s1. The molecule has 2 bridgehead atoms. The zero-order valence-corrected chi connectivity index (χ0v) is 13.2. The first-order valence-corrected chi connectivity index (χ1v) is 7.88. The lowest BCUT2D eigenvalue weighted by Crippen LogP contribution is -2.61. The van der Waals surface area contributed by atoms with Gasteiger partial charge < -0.3 is 14.7 Å². The van der Waals surface area contributed by atoms with Crippen molar-refractivity contribution in [2.45, 2.75) is 18.1 Å². The van der Waals surface area contributed by atoms with E-state index in [-0.39, 0.29) is 0 Å². The van der Waals surface area contributed by atoms with Gasteiger partial charge >= 0.3 is 5.97 Å². The summed E-state index contributed by atoms with van der Waals surface area (Å²) >= 11 is 0. The highest BCUT2D eigenvalue weighted by Crippen LogP contribution is 2.53. The van der Waals surface area contributed by atoms with Gasteiger partial charge in [0.1, 0.15) is 11.7 Å².